The van der Waals surface area contributed by atoms with E-state index in [1.54, 1.807) is 6.07 Å². The first-order valence-electron chi connectivity index (χ1n) is 4.52. The molecule has 1 aliphatic rings. The first kappa shape index (κ1) is 8.58. The summed E-state index contributed by atoms with van der Waals surface area (Å²) in [4.78, 5) is 17.1. The number of nitrogens with zero attached hydrogens (tertiary/aromatic N) is 2. The highest BCUT2D eigenvalue weighted by atomic mass is 19.3. The predicted molar refractivity (Wildman–Crippen MR) is 49.0 cm³/mol. The lowest BCUT2D eigenvalue weighted by molar-refractivity contribution is 0.101. The van der Waals surface area contributed by atoms with E-state index in [0.29, 0.717) is 11.0 Å². The minimum Gasteiger partial charge on any atom is -0.323 e. The molecule has 6 heteroatoms. The molecule has 0 aromatic carbocycles. The van der Waals surface area contributed by atoms with Crippen LogP contribution in [0.1, 0.15) is 12.5 Å². The van der Waals surface area contributed by atoms with E-state index in [4.69, 9.17) is 0 Å². The van der Waals surface area contributed by atoms with Gasteiger partial charge in [-0.2, -0.15) is 4.98 Å². The molecule has 3 rings (SSSR count). The average Bonchev–Trinajstić information content (AvgIpc) is 2.64. The van der Waals surface area contributed by atoms with Gasteiger partial charge in [-0.05, 0) is 6.07 Å². The first-order valence-corrected chi connectivity index (χ1v) is 4.52. The van der Waals surface area contributed by atoms with E-state index in [0.717, 1.165) is 0 Å². The summed E-state index contributed by atoms with van der Waals surface area (Å²) >= 11 is 0. The second kappa shape index (κ2) is 2.44. The molecule has 1 N–H and O–H groups in total. The van der Waals surface area contributed by atoms with Crippen LogP contribution in [0.15, 0.2) is 23.3 Å². The molecular formula is C9H7F2N3O. The largest absolute Gasteiger partial charge is 0.346 e. The third-order valence-corrected chi connectivity index (χ3v) is 2.60. The second-order valence-electron chi connectivity index (χ2n) is 3.69. The van der Waals surface area contributed by atoms with Gasteiger partial charge < -0.3 is 9.55 Å². The van der Waals surface area contributed by atoms with Gasteiger partial charge in [-0.15, -0.1) is 0 Å². The molecular weight excluding hydrogens is 204 g/mol. The highest BCUT2D eigenvalue weighted by Gasteiger charge is 2.58. The van der Waals surface area contributed by atoms with E-state index < -0.39 is 17.7 Å². The Bertz CT molecular complexity index is 586. The molecule has 0 bridgehead atoms. The Morgan fingerprint density at radius 3 is 3.00 bits per heavy atom. The van der Waals surface area contributed by atoms with Crippen LogP contribution in [0.2, 0.25) is 0 Å². The Morgan fingerprint density at radius 2 is 2.33 bits per heavy atom. The smallest absolute Gasteiger partial charge is 0.323 e. The normalized spacial score (nSPS) is 23.2. The van der Waals surface area contributed by atoms with Gasteiger partial charge in [-0.25, -0.2) is 13.6 Å². The topological polar surface area (TPSA) is 50.7 Å². The molecule has 0 amide bonds. The minimum atomic E-state index is -2.66. The number of H-pyrrole nitrogens is 1. The summed E-state index contributed by atoms with van der Waals surface area (Å²) in [6.45, 7) is 0. The summed E-state index contributed by atoms with van der Waals surface area (Å²) in [5, 5.41) is 0.664. The number of nitrogens with one attached hydrogen (secondary N) is 1. The Morgan fingerprint density at radius 1 is 1.60 bits per heavy atom. The van der Waals surface area contributed by atoms with Crippen LogP contribution >= 0.6 is 0 Å². The molecule has 2 aromatic rings. The maximum atomic E-state index is 12.9. The molecule has 2 heterocycles. The van der Waals surface area contributed by atoms with Crippen LogP contribution in [-0.2, 0) is 0 Å². The van der Waals surface area contributed by atoms with Crippen LogP contribution in [0, 0.1) is 0 Å². The molecule has 1 fully saturated rings. The highest BCUT2D eigenvalue weighted by molar-refractivity contribution is 5.75. The zero-order valence-corrected chi connectivity index (χ0v) is 7.58. The number of hydrogen-bond acceptors (Lipinski definition) is 2. The van der Waals surface area contributed by atoms with Crippen LogP contribution < -0.4 is 5.69 Å². The number of halogens is 2. The molecule has 2 aromatic heterocycles. The standard InChI is InChI=1S/C9H7F2N3O/c10-9(11)3-6(9)14-2-1-5-4-12-8(15)13-7(5)14/h1-2,4,6H,3H2,(H,12,13,15). The molecule has 1 atom stereocenters. The number of fused-ring (bicyclic) bond motifs is 1. The highest BCUT2D eigenvalue weighted by Crippen LogP contribution is 2.53. The minimum absolute atomic E-state index is 0.175. The van der Waals surface area contributed by atoms with Crippen LogP contribution in [0.4, 0.5) is 8.78 Å². The fraction of sp³-hybridized carbons (Fsp3) is 0.333. The van der Waals surface area contributed by atoms with Gasteiger partial charge in [0.05, 0.1) is 0 Å². The molecule has 0 aliphatic heterocycles. The number of aromatic nitrogens is 3. The van der Waals surface area contributed by atoms with Crippen molar-refractivity contribution in [1.29, 1.82) is 0 Å². The summed E-state index contributed by atoms with van der Waals surface area (Å²) < 4.78 is 27.1. The first-order chi connectivity index (χ1) is 7.08. The van der Waals surface area contributed by atoms with Gasteiger partial charge in [0.15, 0.2) is 0 Å². The van der Waals surface area contributed by atoms with Crippen molar-refractivity contribution in [3.05, 3.63) is 28.9 Å². The van der Waals surface area contributed by atoms with Crippen molar-refractivity contribution in [3.63, 3.8) is 0 Å². The van der Waals surface area contributed by atoms with Crippen molar-refractivity contribution in [2.75, 3.05) is 0 Å². The van der Waals surface area contributed by atoms with Crippen molar-refractivity contribution < 1.29 is 8.78 Å². The van der Waals surface area contributed by atoms with E-state index in [1.807, 2.05) is 0 Å². The van der Waals surface area contributed by atoms with Gasteiger partial charge in [0.2, 0.25) is 0 Å². The van der Waals surface area contributed by atoms with Crippen molar-refractivity contribution >= 4 is 11.0 Å². The Hall–Kier alpha value is -1.72. The molecule has 0 radical (unpaired) electrons. The third-order valence-electron chi connectivity index (χ3n) is 2.60. The summed E-state index contributed by atoms with van der Waals surface area (Å²) in [6.07, 6.45) is 2.84. The SMILES string of the molecule is O=c1nc2c(ccn2C2CC2(F)F)c[nH]1. The van der Waals surface area contributed by atoms with E-state index in [-0.39, 0.29) is 6.42 Å². The predicted octanol–water partition coefficient (Wildman–Crippen LogP) is 1.30. The van der Waals surface area contributed by atoms with Gasteiger partial charge in [0.1, 0.15) is 11.7 Å². The van der Waals surface area contributed by atoms with E-state index in [1.165, 1.54) is 17.0 Å². The average molecular weight is 211 g/mol. The van der Waals surface area contributed by atoms with E-state index in [9.17, 15) is 13.6 Å². The Labute approximate surface area is 82.6 Å². The van der Waals surface area contributed by atoms with E-state index in [2.05, 4.69) is 9.97 Å². The van der Waals surface area contributed by atoms with Crippen LogP contribution in [-0.4, -0.2) is 20.5 Å². The molecule has 1 saturated carbocycles. The summed E-state index contributed by atoms with van der Waals surface area (Å²) in [5.41, 5.74) is -0.202. The maximum absolute atomic E-state index is 12.9. The number of alkyl halides is 2. The molecule has 0 spiro atoms. The zero-order chi connectivity index (χ0) is 10.6. The van der Waals surface area contributed by atoms with E-state index >= 15 is 0 Å². The quantitative estimate of drug-likeness (QED) is 0.773. The summed E-state index contributed by atoms with van der Waals surface area (Å²) in [6, 6.07) is 0.816. The Kier molecular flexibility index (Phi) is 1.40. The van der Waals surface area contributed by atoms with Crippen molar-refractivity contribution in [3.8, 4) is 0 Å². The van der Waals surface area contributed by atoms with Gasteiger partial charge in [0.25, 0.3) is 5.92 Å². The lowest BCUT2D eigenvalue weighted by atomic mass is 10.4. The summed E-state index contributed by atoms with van der Waals surface area (Å²) in [7, 11) is 0. The van der Waals surface area contributed by atoms with Gasteiger partial charge in [0, 0.05) is 24.2 Å². The lowest BCUT2D eigenvalue weighted by Crippen LogP contribution is -2.11. The Balaban J connectivity index is 2.20. The number of rotatable bonds is 1. The zero-order valence-electron chi connectivity index (χ0n) is 7.58. The van der Waals surface area contributed by atoms with Gasteiger partial charge >= 0.3 is 5.69 Å². The third kappa shape index (κ3) is 1.17. The van der Waals surface area contributed by atoms with Crippen molar-refractivity contribution in [2.45, 2.75) is 18.4 Å². The fourth-order valence-electron chi connectivity index (χ4n) is 1.71. The van der Waals surface area contributed by atoms with Gasteiger partial charge in [-0.1, -0.05) is 0 Å². The molecule has 4 nitrogen and oxygen atoms in total. The molecule has 1 aliphatic carbocycles. The van der Waals surface area contributed by atoms with Crippen LogP contribution in [0.5, 0.6) is 0 Å². The second-order valence-corrected chi connectivity index (χ2v) is 3.69. The maximum Gasteiger partial charge on any atom is 0.346 e. The lowest BCUT2D eigenvalue weighted by Gasteiger charge is -2.01. The monoisotopic (exact) mass is 211 g/mol. The van der Waals surface area contributed by atoms with Crippen LogP contribution in [0.3, 0.4) is 0 Å². The molecule has 1 unspecified atom stereocenters. The van der Waals surface area contributed by atoms with Crippen molar-refractivity contribution in [2.24, 2.45) is 0 Å². The van der Waals surface area contributed by atoms with Crippen molar-refractivity contribution in [1.82, 2.24) is 14.5 Å². The van der Waals surface area contributed by atoms with Crippen LogP contribution in [0.25, 0.3) is 11.0 Å². The molecule has 15 heavy (non-hydrogen) atoms. The van der Waals surface area contributed by atoms with Gasteiger partial charge in [-0.3, -0.25) is 0 Å². The molecule has 0 saturated heterocycles. The fourth-order valence-corrected chi connectivity index (χ4v) is 1.71. The number of hydrogen-bond donors (Lipinski definition) is 1. The molecule has 78 valence electrons. The number of aromatic amines is 1. The summed E-state index contributed by atoms with van der Waals surface area (Å²) in [5.74, 6) is -2.66.